The number of methoxy groups -OCH3 is 1. The summed E-state index contributed by atoms with van der Waals surface area (Å²) >= 11 is 0. The molecular weight excluding hydrogens is 464 g/mol. The molecule has 1 aromatic heterocycles. The first kappa shape index (κ1) is 24.6. The van der Waals surface area contributed by atoms with Crippen LogP contribution < -0.4 is 0 Å². The van der Waals surface area contributed by atoms with Gasteiger partial charge < -0.3 is 14.5 Å². The molecule has 2 amide bonds. The van der Waals surface area contributed by atoms with E-state index in [4.69, 9.17) is 9.47 Å². The van der Waals surface area contributed by atoms with E-state index in [1.165, 1.54) is 26.2 Å². The molecule has 3 aromatic rings. The van der Waals surface area contributed by atoms with Crippen LogP contribution in [-0.2, 0) is 16.0 Å². The van der Waals surface area contributed by atoms with Crippen LogP contribution in [0.3, 0.4) is 0 Å². The van der Waals surface area contributed by atoms with Gasteiger partial charge in [0.15, 0.2) is 6.10 Å². The number of ether oxygens (including phenoxy) is 2. The van der Waals surface area contributed by atoms with Gasteiger partial charge in [0.1, 0.15) is 0 Å². The number of imide groups is 1. The number of Topliss-reactive ketones (excluding diaryl/α,β-unsaturated/α-hetero) is 1. The zero-order valence-electron chi connectivity index (χ0n) is 20.2. The third kappa shape index (κ3) is 4.31. The Morgan fingerprint density at radius 1 is 0.944 bits per heavy atom. The summed E-state index contributed by atoms with van der Waals surface area (Å²) < 4.78 is 10.2. The predicted octanol–water partition coefficient (Wildman–Crippen LogP) is 3.64. The smallest absolute Gasteiger partial charge is 0.339 e. The van der Waals surface area contributed by atoms with Crippen LogP contribution in [0.1, 0.15) is 75.7 Å². The van der Waals surface area contributed by atoms with Gasteiger partial charge in [0.25, 0.3) is 11.8 Å². The number of nitrogens with zero attached hydrogens (tertiary/aromatic N) is 1. The molecule has 184 valence electrons. The van der Waals surface area contributed by atoms with E-state index in [0.29, 0.717) is 27.9 Å². The standard InChI is InChI=1S/C27H24N2O7/c1-14-21(27(34)35-4)15(2)28-22(14)23(30)16(3)36-26(33)18-9-7-8-17(12-18)13-29-24(31)19-10-5-6-11-20(19)25(29)32/h5-12,16,28H,13H2,1-4H3/t16-/m1/s1. The number of benzene rings is 2. The summed E-state index contributed by atoms with van der Waals surface area (Å²) in [5.41, 5.74) is 2.71. The van der Waals surface area contributed by atoms with Gasteiger partial charge in [-0.25, -0.2) is 9.59 Å². The van der Waals surface area contributed by atoms with E-state index in [1.54, 1.807) is 50.2 Å². The average Bonchev–Trinajstić information content (AvgIpc) is 3.30. The molecule has 2 heterocycles. The highest BCUT2D eigenvalue weighted by Crippen LogP contribution is 2.25. The van der Waals surface area contributed by atoms with E-state index in [2.05, 4.69) is 4.98 Å². The lowest BCUT2D eigenvalue weighted by molar-refractivity contribution is 0.0316. The fourth-order valence-corrected chi connectivity index (χ4v) is 4.25. The summed E-state index contributed by atoms with van der Waals surface area (Å²) in [4.78, 5) is 67.0. The molecule has 9 heteroatoms. The Morgan fingerprint density at radius 2 is 1.58 bits per heavy atom. The summed E-state index contributed by atoms with van der Waals surface area (Å²) in [6.07, 6.45) is -1.14. The van der Waals surface area contributed by atoms with Gasteiger partial charge in [0, 0.05) is 5.69 Å². The Hall–Kier alpha value is -4.53. The van der Waals surface area contributed by atoms with Crippen LogP contribution >= 0.6 is 0 Å². The van der Waals surface area contributed by atoms with Crippen LogP contribution in [0.15, 0.2) is 48.5 Å². The highest BCUT2D eigenvalue weighted by molar-refractivity contribution is 6.21. The fraction of sp³-hybridized carbons (Fsp3) is 0.222. The summed E-state index contributed by atoms with van der Waals surface area (Å²) in [6.45, 7) is 4.68. The molecule has 0 unspecified atom stereocenters. The third-order valence-corrected chi connectivity index (χ3v) is 6.11. The number of amides is 2. The molecule has 0 saturated carbocycles. The lowest BCUT2D eigenvalue weighted by Gasteiger charge is -2.15. The van der Waals surface area contributed by atoms with Crippen molar-refractivity contribution in [2.24, 2.45) is 0 Å². The average molecular weight is 488 g/mol. The van der Waals surface area contributed by atoms with Gasteiger partial charge in [-0.2, -0.15) is 0 Å². The van der Waals surface area contributed by atoms with E-state index in [9.17, 15) is 24.0 Å². The second-order valence-corrected chi connectivity index (χ2v) is 8.47. The van der Waals surface area contributed by atoms with Crippen molar-refractivity contribution in [3.05, 3.63) is 93.3 Å². The summed E-state index contributed by atoms with van der Waals surface area (Å²) in [7, 11) is 1.25. The minimum Gasteiger partial charge on any atom is -0.465 e. The van der Waals surface area contributed by atoms with Gasteiger partial charge in [-0.05, 0) is 56.2 Å². The molecule has 1 N–H and O–H groups in total. The van der Waals surface area contributed by atoms with Crippen molar-refractivity contribution in [2.75, 3.05) is 7.11 Å². The molecule has 1 atom stereocenters. The predicted molar refractivity (Wildman–Crippen MR) is 128 cm³/mol. The molecule has 0 spiro atoms. The molecule has 4 rings (SSSR count). The van der Waals surface area contributed by atoms with Crippen molar-refractivity contribution in [1.82, 2.24) is 9.88 Å². The molecule has 0 radical (unpaired) electrons. The number of ketones is 1. The van der Waals surface area contributed by atoms with Crippen molar-refractivity contribution in [3.63, 3.8) is 0 Å². The molecule has 2 aromatic carbocycles. The van der Waals surface area contributed by atoms with Crippen molar-refractivity contribution in [1.29, 1.82) is 0 Å². The number of fused-ring (bicyclic) bond motifs is 1. The number of carbonyl (C=O) groups excluding carboxylic acids is 5. The second kappa shape index (κ2) is 9.61. The first-order chi connectivity index (χ1) is 17.1. The van der Waals surface area contributed by atoms with Gasteiger partial charge in [-0.3, -0.25) is 19.3 Å². The topological polar surface area (TPSA) is 123 Å². The third-order valence-electron chi connectivity index (χ3n) is 6.11. The lowest BCUT2D eigenvalue weighted by Crippen LogP contribution is -2.29. The Labute approximate surface area is 207 Å². The Balaban J connectivity index is 1.47. The van der Waals surface area contributed by atoms with Gasteiger partial charge >= 0.3 is 11.9 Å². The van der Waals surface area contributed by atoms with Crippen LogP contribution in [0, 0.1) is 13.8 Å². The SMILES string of the molecule is COC(=O)c1c(C)[nH]c(C(=O)[C@@H](C)OC(=O)c2cccc(CN3C(=O)c4ccccc4C3=O)c2)c1C. The molecule has 9 nitrogen and oxygen atoms in total. The van der Waals surface area contributed by atoms with Crippen LogP contribution in [0.4, 0.5) is 0 Å². The summed E-state index contributed by atoms with van der Waals surface area (Å²) in [5.74, 6) is -2.60. The number of aromatic amines is 1. The zero-order valence-corrected chi connectivity index (χ0v) is 20.2. The number of rotatable bonds is 7. The zero-order chi connectivity index (χ0) is 26.1. The Bertz CT molecular complexity index is 1380. The highest BCUT2D eigenvalue weighted by Gasteiger charge is 2.35. The minimum absolute atomic E-state index is 0.0147. The second-order valence-electron chi connectivity index (χ2n) is 8.47. The maximum absolute atomic E-state index is 12.9. The van der Waals surface area contributed by atoms with E-state index in [0.717, 1.165) is 4.90 Å². The number of nitrogens with one attached hydrogen (secondary N) is 1. The number of aromatic nitrogens is 1. The number of carbonyl (C=O) groups is 5. The number of aryl methyl sites for hydroxylation is 1. The van der Waals surface area contributed by atoms with Gasteiger partial charge in [-0.1, -0.05) is 24.3 Å². The molecule has 36 heavy (non-hydrogen) atoms. The van der Waals surface area contributed by atoms with Gasteiger partial charge in [-0.15, -0.1) is 0 Å². The van der Waals surface area contributed by atoms with Crippen molar-refractivity contribution < 1.29 is 33.4 Å². The van der Waals surface area contributed by atoms with E-state index >= 15 is 0 Å². The summed E-state index contributed by atoms with van der Waals surface area (Å²) in [5, 5.41) is 0. The van der Waals surface area contributed by atoms with Crippen LogP contribution in [0.25, 0.3) is 0 Å². The Kier molecular flexibility index (Phi) is 6.57. The highest BCUT2D eigenvalue weighted by atomic mass is 16.5. The molecule has 1 aliphatic rings. The minimum atomic E-state index is -1.14. The van der Waals surface area contributed by atoms with Crippen LogP contribution in [-0.4, -0.2) is 52.6 Å². The van der Waals surface area contributed by atoms with E-state index in [1.807, 2.05) is 0 Å². The molecular formula is C27H24N2O7. The van der Waals surface area contributed by atoms with E-state index in [-0.39, 0.29) is 23.4 Å². The van der Waals surface area contributed by atoms with Crippen molar-refractivity contribution >= 4 is 29.5 Å². The first-order valence-corrected chi connectivity index (χ1v) is 11.2. The monoisotopic (exact) mass is 488 g/mol. The molecule has 0 bridgehead atoms. The fourth-order valence-electron chi connectivity index (χ4n) is 4.25. The van der Waals surface area contributed by atoms with Crippen molar-refractivity contribution in [2.45, 2.75) is 33.4 Å². The molecule has 1 aliphatic heterocycles. The quantitative estimate of drug-likeness (QED) is 0.306. The van der Waals surface area contributed by atoms with Crippen LogP contribution in [0.2, 0.25) is 0 Å². The van der Waals surface area contributed by atoms with Gasteiger partial charge in [0.2, 0.25) is 5.78 Å². The largest absolute Gasteiger partial charge is 0.465 e. The number of hydrogen-bond donors (Lipinski definition) is 1. The maximum Gasteiger partial charge on any atom is 0.339 e. The summed E-state index contributed by atoms with van der Waals surface area (Å²) in [6, 6.07) is 12.9. The maximum atomic E-state index is 12.9. The normalized spacial score (nSPS) is 13.4. The van der Waals surface area contributed by atoms with E-state index < -0.39 is 35.6 Å². The van der Waals surface area contributed by atoms with Crippen LogP contribution in [0.5, 0.6) is 0 Å². The van der Waals surface area contributed by atoms with Crippen molar-refractivity contribution in [3.8, 4) is 0 Å². The number of esters is 2. The number of hydrogen-bond acceptors (Lipinski definition) is 7. The molecule has 0 aliphatic carbocycles. The lowest BCUT2D eigenvalue weighted by atomic mass is 10.1. The Morgan fingerprint density at radius 3 is 2.19 bits per heavy atom. The van der Waals surface area contributed by atoms with Gasteiger partial charge in [0.05, 0.1) is 41.6 Å². The first-order valence-electron chi connectivity index (χ1n) is 11.2. The molecule has 0 fully saturated rings. The molecule has 0 saturated heterocycles. The number of H-pyrrole nitrogens is 1.